The SMILES string of the molecule is CCCc1nc(NC(=O)C(C)C)nc(N2CCOCC2)n1. The fourth-order valence-electron chi connectivity index (χ4n) is 1.96. The molecule has 7 nitrogen and oxygen atoms in total. The topological polar surface area (TPSA) is 80.2 Å². The molecule has 0 bridgehead atoms. The lowest BCUT2D eigenvalue weighted by Gasteiger charge is -2.27. The number of nitrogens with one attached hydrogen (secondary N) is 1. The normalized spacial score (nSPS) is 15.3. The summed E-state index contributed by atoms with van der Waals surface area (Å²) in [5.41, 5.74) is 0. The van der Waals surface area contributed by atoms with Gasteiger partial charge in [0, 0.05) is 25.4 Å². The van der Waals surface area contributed by atoms with Crippen LogP contribution < -0.4 is 10.2 Å². The van der Waals surface area contributed by atoms with E-state index >= 15 is 0 Å². The smallest absolute Gasteiger partial charge is 0.234 e. The average molecular weight is 293 g/mol. The minimum absolute atomic E-state index is 0.0865. The van der Waals surface area contributed by atoms with Gasteiger partial charge in [-0.3, -0.25) is 10.1 Å². The van der Waals surface area contributed by atoms with Crippen LogP contribution in [0.2, 0.25) is 0 Å². The highest BCUT2D eigenvalue weighted by Gasteiger charge is 2.17. The van der Waals surface area contributed by atoms with Crippen LogP contribution in [0.25, 0.3) is 0 Å². The lowest BCUT2D eigenvalue weighted by atomic mass is 10.2. The molecule has 0 aromatic carbocycles. The van der Waals surface area contributed by atoms with Crippen molar-refractivity contribution >= 4 is 17.8 Å². The summed E-state index contributed by atoms with van der Waals surface area (Å²) in [6, 6.07) is 0. The minimum atomic E-state index is -0.108. The summed E-state index contributed by atoms with van der Waals surface area (Å²) in [6.45, 7) is 8.61. The Hall–Kier alpha value is -1.76. The summed E-state index contributed by atoms with van der Waals surface area (Å²) in [4.78, 5) is 27.1. The number of rotatable bonds is 5. The monoisotopic (exact) mass is 293 g/mol. The Labute approximate surface area is 125 Å². The fraction of sp³-hybridized carbons (Fsp3) is 0.714. The standard InChI is InChI=1S/C14H23N5O2/c1-4-5-11-15-13(17-12(20)10(2)3)18-14(16-11)19-6-8-21-9-7-19/h10H,4-9H2,1-3H3,(H,15,16,17,18,20). The molecule has 2 heterocycles. The van der Waals surface area contributed by atoms with E-state index in [2.05, 4.69) is 32.1 Å². The second-order valence-corrected chi connectivity index (χ2v) is 5.37. The molecule has 1 fully saturated rings. The summed E-state index contributed by atoms with van der Waals surface area (Å²) >= 11 is 0. The van der Waals surface area contributed by atoms with E-state index in [1.54, 1.807) is 0 Å². The van der Waals surface area contributed by atoms with Crippen LogP contribution in [0.1, 0.15) is 33.0 Å². The third-order valence-corrected chi connectivity index (χ3v) is 3.20. The van der Waals surface area contributed by atoms with Crippen LogP contribution in [0.15, 0.2) is 0 Å². The van der Waals surface area contributed by atoms with Crippen LogP contribution in [-0.4, -0.2) is 47.2 Å². The van der Waals surface area contributed by atoms with Crippen molar-refractivity contribution in [2.45, 2.75) is 33.6 Å². The summed E-state index contributed by atoms with van der Waals surface area (Å²) in [5, 5.41) is 2.76. The quantitative estimate of drug-likeness (QED) is 0.880. The molecule has 1 aromatic heterocycles. The molecule has 0 spiro atoms. The Bertz CT molecular complexity index is 486. The number of carbonyl (C=O) groups is 1. The van der Waals surface area contributed by atoms with Crippen molar-refractivity contribution in [3.05, 3.63) is 5.82 Å². The van der Waals surface area contributed by atoms with E-state index in [4.69, 9.17) is 4.74 Å². The number of nitrogens with zero attached hydrogens (tertiary/aromatic N) is 4. The third kappa shape index (κ3) is 4.35. The zero-order valence-electron chi connectivity index (χ0n) is 12.9. The number of carbonyl (C=O) groups excluding carboxylic acids is 1. The van der Waals surface area contributed by atoms with Crippen LogP contribution in [0.5, 0.6) is 0 Å². The maximum Gasteiger partial charge on any atom is 0.234 e. The van der Waals surface area contributed by atoms with Gasteiger partial charge in [-0.1, -0.05) is 20.8 Å². The number of morpholine rings is 1. The first-order chi connectivity index (χ1) is 10.1. The summed E-state index contributed by atoms with van der Waals surface area (Å²) in [6.07, 6.45) is 1.72. The van der Waals surface area contributed by atoms with E-state index < -0.39 is 0 Å². The number of aromatic nitrogens is 3. The third-order valence-electron chi connectivity index (χ3n) is 3.20. The molecular formula is C14H23N5O2. The number of anilines is 2. The van der Waals surface area contributed by atoms with Crippen molar-refractivity contribution in [1.29, 1.82) is 0 Å². The second-order valence-electron chi connectivity index (χ2n) is 5.37. The van der Waals surface area contributed by atoms with Gasteiger partial charge in [0.05, 0.1) is 13.2 Å². The molecule has 1 aliphatic heterocycles. The Morgan fingerprint density at radius 1 is 1.29 bits per heavy atom. The van der Waals surface area contributed by atoms with Crippen LogP contribution >= 0.6 is 0 Å². The van der Waals surface area contributed by atoms with Crippen LogP contribution in [0, 0.1) is 5.92 Å². The highest BCUT2D eigenvalue weighted by molar-refractivity contribution is 5.90. The highest BCUT2D eigenvalue weighted by Crippen LogP contribution is 2.14. The van der Waals surface area contributed by atoms with Crippen molar-refractivity contribution in [3.63, 3.8) is 0 Å². The van der Waals surface area contributed by atoms with Crippen LogP contribution in [0.3, 0.4) is 0 Å². The lowest BCUT2D eigenvalue weighted by molar-refractivity contribution is -0.118. The molecule has 0 atom stereocenters. The van der Waals surface area contributed by atoms with Gasteiger partial charge in [0.2, 0.25) is 17.8 Å². The van der Waals surface area contributed by atoms with Gasteiger partial charge in [0.15, 0.2) is 0 Å². The molecule has 1 aliphatic rings. The molecule has 0 unspecified atom stereocenters. The van der Waals surface area contributed by atoms with Crippen molar-refractivity contribution < 1.29 is 9.53 Å². The largest absolute Gasteiger partial charge is 0.378 e. The van der Waals surface area contributed by atoms with E-state index in [1.807, 2.05) is 13.8 Å². The molecule has 0 radical (unpaired) electrons. The number of hydrogen-bond donors (Lipinski definition) is 1. The Morgan fingerprint density at radius 2 is 2.00 bits per heavy atom. The molecule has 1 saturated heterocycles. The number of aryl methyl sites for hydroxylation is 1. The predicted molar refractivity (Wildman–Crippen MR) is 80.3 cm³/mol. The molecule has 21 heavy (non-hydrogen) atoms. The van der Waals surface area contributed by atoms with E-state index in [0.717, 1.165) is 25.9 Å². The Balaban J connectivity index is 2.22. The molecule has 1 N–H and O–H groups in total. The van der Waals surface area contributed by atoms with Gasteiger partial charge in [0.1, 0.15) is 5.82 Å². The average Bonchev–Trinajstić information content (AvgIpc) is 2.48. The van der Waals surface area contributed by atoms with E-state index in [9.17, 15) is 4.79 Å². The fourth-order valence-corrected chi connectivity index (χ4v) is 1.96. The summed E-state index contributed by atoms with van der Waals surface area (Å²) in [7, 11) is 0. The van der Waals surface area contributed by atoms with Gasteiger partial charge >= 0.3 is 0 Å². The van der Waals surface area contributed by atoms with Crippen molar-refractivity contribution in [2.75, 3.05) is 36.5 Å². The zero-order chi connectivity index (χ0) is 15.2. The summed E-state index contributed by atoms with van der Waals surface area (Å²) < 4.78 is 5.34. The number of hydrogen-bond acceptors (Lipinski definition) is 6. The van der Waals surface area contributed by atoms with Gasteiger partial charge in [-0.25, -0.2) is 0 Å². The van der Waals surface area contributed by atoms with Crippen LogP contribution in [-0.2, 0) is 16.0 Å². The lowest BCUT2D eigenvalue weighted by Crippen LogP contribution is -2.37. The first-order valence-corrected chi connectivity index (χ1v) is 7.48. The highest BCUT2D eigenvalue weighted by atomic mass is 16.5. The van der Waals surface area contributed by atoms with Crippen molar-refractivity contribution in [2.24, 2.45) is 5.92 Å². The predicted octanol–water partition coefficient (Wildman–Crippen LogP) is 1.26. The van der Waals surface area contributed by atoms with Gasteiger partial charge in [-0.2, -0.15) is 15.0 Å². The molecular weight excluding hydrogens is 270 g/mol. The first-order valence-electron chi connectivity index (χ1n) is 7.48. The maximum atomic E-state index is 11.8. The Morgan fingerprint density at radius 3 is 2.62 bits per heavy atom. The zero-order valence-corrected chi connectivity index (χ0v) is 12.9. The van der Waals surface area contributed by atoms with Gasteiger partial charge in [-0.15, -0.1) is 0 Å². The second kappa shape index (κ2) is 7.31. The van der Waals surface area contributed by atoms with E-state index in [1.165, 1.54) is 0 Å². The van der Waals surface area contributed by atoms with Gasteiger partial charge in [-0.05, 0) is 6.42 Å². The Kier molecular flexibility index (Phi) is 5.44. The molecule has 116 valence electrons. The molecule has 7 heteroatoms. The van der Waals surface area contributed by atoms with E-state index in [-0.39, 0.29) is 11.8 Å². The molecule has 2 rings (SSSR count). The first kappa shape index (κ1) is 15.6. The van der Waals surface area contributed by atoms with Gasteiger partial charge < -0.3 is 9.64 Å². The van der Waals surface area contributed by atoms with Crippen LogP contribution in [0.4, 0.5) is 11.9 Å². The summed E-state index contributed by atoms with van der Waals surface area (Å²) in [5.74, 6) is 1.48. The van der Waals surface area contributed by atoms with Crippen molar-refractivity contribution in [1.82, 2.24) is 15.0 Å². The van der Waals surface area contributed by atoms with Crippen molar-refractivity contribution in [3.8, 4) is 0 Å². The number of amides is 1. The van der Waals surface area contributed by atoms with E-state index in [0.29, 0.717) is 30.9 Å². The molecule has 0 aliphatic carbocycles. The maximum absolute atomic E-state index is 11.8. The minimum Gasteiger partial charge on any atom is -0.378 e. The van der Waals surface area contributed by atoms with Gasteiger partial charge in [0.25, 0.3) is 0 Å². The molecule has 1 aromatic rings. The number of ether oxygens (including phenoxy) is 1. The molecule has 0 saturated carbocycles. The molecule has 1 amide bonds.